The van der Waals surface area contributed by atoms with Crippen LogP contribution in [0.2, 0.25) is 5.02 Å². The number of halogens is 3. The number of hydrogen-bond donors (Lipinski definition) is 2. The summed E-state index contributed by atoms with van der Waals surface area (Å²) in [4.78, 5) is 22.6. The van der Waals surface area contributed by atoms with Gasteiger partial charge in [-0.25, -0.2) is 4.98 Å². The van der Waals surface area contributed by atoms with Gasteiger partial charge < -0.3 is 15.2 Å². The molecule has 1 aliphatic heterocycles. The highest BCUT2D eigenvalue weighted by atomic mass is 35.5. The summed E-state index contributed by atoms with van der Waals surface area (Å²) >= 11 is 7.98. The van der Waals surface area contributed by atoms with E-state index in [4.69, 9.17) is 11.6 Å². The van der Waals surface area contributed by atoms with Gasteiger partial charge in [0.1, 0.15) is 5.69 Å². The highest BCUT2D eigenvalue weighted by Gasteiger charge is 2.30. The molecule has 0 spiro atoms. The predicted octanol–water partition coefficient (Wildman–Crippen LogP) is 4.73. The van der Waals surface area contributed by atoms with Crippen molar-refractivity contribution in [1.29, 1.82) is 0 Å². The molecule has 1 aliphatic rings. The van der Waals surface area contributed by atoms with E-state index in [0.29, 0.717) is 23.8 Å². The first kappa shape index (κ1) is 22.7. The van der Waals surface area contributed by atoms with Crippen LogP contribution in [0, 0.1) is 6.92 Å². The van der Waals surface area contributed by atoms with Crippen LogP contribution < -0.4 is 5.32 Å². The number of nitrogens with zero attached hydrogens (tertiary/aromatic N) is 2. The van der Waals surface area contributed by atoms with Crippen molar-refractivity contribution in [1.82, 2.24) is 20.2 Å². The first-order valence-corrected chi connectivity index (χ1v) is 9.76. The summed E-state index contributed by atoms with van der Waals surface area (Å²) in [6, 6.07) is 9.50. The zero-order chi connectivity index (χ0) is 18.1. The zero-order valence-electron chi connectivity index (χ0n) is 15.1. The Morgan fingerprint density at radius 1 is 1.32 bits per heavy atom. The van der Waals surface area contributed by atoms with Gasteiger partial charge in [-0.3, -0.25) is 4.79 Å². The van der Waals surface area contributed by atoms with E-state index < -0.39 is 0 Å². The number of aryl methyl sites for hydroxylation is 1. The number of rotatable bonds is 3. The molecule has 0 saturated carbocycles. The molecule has 1 unspecified atom stereocenters. The van der Waals surface area contributed by atoms with Crippen LogP contribution in [0.1, 0.15) is 27.1 Å². The van der Waals surface area contributed by atoms with Crippen LogP contribution in [0.4, 0.5) is 0 Å². The topological polar surface area (TPSA) is 61.0 Å². The summed E-state index contributed by atoms with van der Waals surface area (Å²) in [7, 11) is 0. The predicted molar refractivity (Wildman–Crippen MR) is 119 cm³/mol. The summed E-state index contributed by atoms with van der Waals surface area (Å²) in [6.07, 6.45) is 1.84. The Kier molecular flexibility index (Phi) is 7.92. The van der Waals surface area contributed by atoms with Crippen LogP contribution in [0.25, 0.3) is 11.3 Å². The van der Waals surface area contributed by atoms with Crippen LogP contribution in [0.5, 0.6) is 0 Å². The summed E-state index contributed by atoms with van der Waals surface area (Å²) < 4.78 is 0. The molecule has 1 saturated heterocycles. The maximum Gasteiger partial charge on any atom is 0.270 e. The van der Waals surface area contributed by atoms with Gasteiger partial charge in [0.15, 0.2) is 0 Å². The van der Waals surface area contributed by atoms with E-state index in [-0.39, 0.29) is 36.8 Å². The van der Waals surface area contributed by atoms with E-state index in [0.717, 1.165) is 28.4 Å². The van der Waals surface area contributed by atoms with Crippen LogP contribution in [-0.2, 0) is 0 Å². The van der Waals surface area contributed by atoms with Crippen molar-refractivity contribution in [3.05, 3.63) is 63.2 Å². The molecule has 150 valence electrons. The average molecular weight is 460 g/mol. The fourth-order valence-electron chi connectivity index (χ4n) is 3.29. The van der Waals surface area contributed by atoms with E-state index in [1.54, 1.807) is 11.3 Å². The second-order valence-electron chi connectivity index (χ2n) is 6.29. The van der Waals surface area contributed by atoms with Crippen LogP contribution in [0.3, 0.4) is 0 Å². The second kappa shape index (κ2) is 9.76. The number of piperazine rings is 1. The van der Waals surface area contributed by atoms with Gasteiger partial charge in [-0.2, -0.15) is 0 Å². The minimum Gasteiger partial charge on any atom is -0.357 e. The molecule has 1 aromatic carbocycles. The number of H-pyrrole nitrogens is 1. The van der Waals surface area contributed by atoms with Crippen molar-refractivity contribution in [3.8, 4) is 11.3 Å². The van der Waals surface area contributed by atoms with Gasteiger partial charge in [-0.05, 0) is 24.6 Å². The van der Waals surface area contributed by atoms with Gasteiger partial charge in [-0.1, -0.05) is 29.8 Å². The molecular formula is C19H21Cl3N4OS. The first-order chi connectivity index (χ1) is 12.6. The van der Waals surface area contributed by atoms with E-state index in [2.05, 4.69) is 15.3 Å². The van der Waals surface area contributed by atoms with Crippen LogP contribution in [-0.4, -0.2) is 40.4 Å². The van der Waals surface area contributed by atoms with Crippen molar-refractivity contribution < 1.29 is 4.79 Å². The SMILES string of the molecule is Cc1nc(-c2c[nH]c(C(=O)N3CCNCC3c3ccccc3Cl)c2)cs1.Cl.Cl. The Bertz CT molecular complexity index is 943. The molecule has 1 amide bonds. The minimum absolute atomic E-state index is 0. The molecule has 0 aliphatic carbocycles. The molecule has 3 aromatic rings. The lowest BCUT2D eigenvalue weighted by molar-refractivity contribution is 0.0629. The molecule has 2 aromatic heterocycles. The highest BCUT2D eigenvalue weighted by Crippen LogP contribution is 2.30. The highest BCUT2D eigenvalue weighted by molar-refractivity contribution is 7.09. The molecule has 28 heavy (non-hydrogen) atoms. The monoisotopic (exact) mass is 458 g/mol. The van der Waals surface area contributed by atoms with Crippen molar-refractivity contribution in [2.24, 2.45) is 0 Å². The van der Waals surface area contributed by atoms with Crippen molar-refractivity contribution >= 4 is 53.7 Å². The molecule has 5 nitrogen and oxygen atoms in total. The van der Waals surface area contributed by atoms with Crippen molar-refractivity contribution in [2.75, 3.05) is 19.6 Å². The normalized spacial score (nSPS) is 16.2. The first-order valence-electron chi connectivity index (χ1n) is 8.50. The van der Waals surface area contributed by atoms with Gasteiger partial charge in [0.05, 0.1) is 16.7 Å². The molecule has 1 atom stereocenters. The van der Waals surface area contributed by atoms with Crippen LogP contribution in [0.15, 0.2) is 41.9 Å². The van der Waals surface area contributed by atoms with Gasteiger partial charge >= 0.3 is 0 Å². The lowest BCUT2D eigenvalue weighted by atomic mass is 10.0. The summed E-state index contributed by atoms with van der Waals surface area (Å²) in [5, 5.41) is 7.06. The molecule has 0 bridgehead atoms. The van der Waals surface area contributed by atoms with Gasteiger partial charge in [0.2, 0.25) is 0 Å². The summed E-state index contributed by atoms with van der Waals surface area (Å²) in [6.45, 7) is 4.07. The number of benzene rings is 1. The average Bonchev–Trinajstić information content (AvgIpc) is 3.31. The maximum absolute atomic E-state index is 13.2. The van der Waals surface area contributed by atoms with E-state index >= 15 is 0 Å². The molecule has 1 fully saturated rings. The third-order valence-electron chi connectivity index (χ3n) is 4.60. The fourth-order valence-corrected chi connectivity index (χ4v) is 4.17. The largest absolute Gasteiger partial charge is 0.357 e. The number of aromatic amines is 1. The number of amides is 1. The Balaban J connectivity index is 0.00000140. The number of aromatic nitrogens is 2. The Morgan fingerprint density at radius 2 is 2.11 bits per heavy atom. The van der Waals surface area contributed by atoms with Gasteiger partial charge in [0.25, 0.3) is 5.91 Å². The van der Waals surface area contributed by atoms with Crippen molar-refractivity contribution in [2.45, 2.75) is 13.0 Å². The molecule has 2 N–H and O–H groups in total. The molecule has 0 radical (unpaired) electrons. The van der Waals surface area contributed by atoms with Crippen LogP contribution >= 0.6 is 47.8 Å². The quantitative estimate of drug-likeness (QED) is 0.595. The number of carbonyl (C=O) groups is 1. The second-order valence-corrected chi connectivity index (χ2v) is 7.76. The minimum atomic E-state index is -0.0850. The lowest BCUT2D eigenvalue weighted by Crippen LogP contribution is -2.48. The number of thiazole rings is 1. The molecule has 4 rings (SSSR count). The van der Waals surface area contributed by atoms with Crippen molar-refractivity contribution in [3.63, 3.8) is 0 Å². The smallest absolute Gasteiger partial charge is 0.270 e. The molecular weight excluding hydrogens is 439 g/mol. The number of hydrogen-bond acceptors (Lipinski definition) is 4. The zero-order valence-corrected chi connectivity index (χ0v) is 18.4. The molecule has 3 heterocycles. The fraction of sp³-hybridized carbons (Fsp3) is 0.263. The third kappa shape index (κ3) is 4.53. The third-order valence-corrected chi connectivity index (χ3v) is 5.71. The van der Waals surface area contributed by atoms with Gasteiger partial charge in [-0.15, -0.1) is 36.2 Å². The Morgan fingerprint density at radius 3 is 2.82 bits per heavy atom. The van der Waals surface area contributed by atoms with E-state index in [9.17, 15) is 4.79 Å². The van der Waals surface area contributed by atoms with Gasteiger partial charge in [0, 0.05) is 41.8 Å². The Hall–Kier alpha value is -1.57. The summed E-state index contributed by atoms with van der Waals surface area (Å²) in [5.41, 5.74) is 3.37. The number of carbonyl (C=O) groups excluding carboxylic acids is 1. The van der Waals surface area contributed by atoms with E-state index in [1.807, 2.05) is 53.7 Å². The summed E-state index contributed by atoms with van der Waals surface area (Å²) in [5.74, 6) is -0.0189. The van der Waals surface area contributed by atoms with E-state index in [1.165, 1.54) is 0 Å². The molecule has 9 heteroatoms. The number of nitrogens with one attached hydrogen (secondary N) is 2. The standard InChI is InChI=1S/C19H19ClN4OS.2ClH/c1-12-23-17(11-26-12)13-8-16(22-9-13)19(25)24-7-6-21-10-18(24)14-4-2-3-5-15(14)20;;/h2-5,8-9,11,18,21-22H,6-7,10H2,1H3;2*1H. The maximum atomic E-state index is 13.2. The Labute approximate surface area is 185 Å². The lowest BCUT2D eigenvalue weighted by Gasteiger charge is -2.36.